The van der Waals surface area contributed by atoms with Crippen molar-refractivity contribution in [3.8, 4) is 0 Å². The van der Waals surface area contributed by atoms with Crippen LogP contribution in [0.5, 0.6) is 0 Å². The lowest BCUT2D eigenvalue weighted by molar-refractivity contribution is -0.143. The number of hydrogen-bond donors (Lipinski definition) is 2. The molecular formula is C9H12F2INO4. The predicted octanol–water partition coefficient (Wildman–Crippen LogP) is 0.850. The number of aliphatic carboxylic acids is 1. The maximum absolute atomic E-state index is 12.4. The Morgan fingerprint density at radius 2 is 1.76 bits per heavy atom. The van der Waals surface area contributed by atoms with Crippen LogP contribution in [0.2, 0.25) is 0 Å². The summed E-state index contributed by atoms with van der Waals surface area (Å²) in [4.78, 5) is 33.1. The van der Waals surface area contributed by atoms with E-state index in [0.29, 0.717) is 0 Å². The van der Waals surface area contributed by atoms with Crippen molar-refractivity contribution in [3.05, 3.63) is 0 Å². The molecular weight excluding hydrogens is 351 g/mol. The Morgan fingerprint density at radius 3 is 2.06 bits per heavy atom. The average Bonchev–Trinajstić information content (AvgIpc) is 2.16. The van der Waals surface area contributed by atoms with E-state index in [1.165, 1.54) is 29.5 Å². The Balaban J connectivity index is 4.79. The Morgan fingerprint density at radius 1 is 1.29 bits per heavy atom. The van der Waals surface area contributed by atoms with E-state index in [4.69, 9.17) is 5.11 Å². The Bertz CT molecular complexity index is 324. The first kappa shape index (κ1) is 16.2. The SMILES string of the molecule is CC(=O)C(C(=O)N[C@@H](C)C(=O)O)C(I)C(F)F. The number of carbonyl (C=O) groups excluding carboxylic acids is 2. The fourth-order valence-corrected chi connectivity index (χ4v) is 1.90. The number of alkyl halides is 3. The van der Waals surface area contributed by atoms with E-state index in [2.05, 4.69) is 0 Å². The minimum absolute atomic E-state index is 0.722. The number of ketones is 1. The molecule has 0 aliphatic heterocycles. The highest BCUT2D eigenvalue weighted by atomic mass is 127. The van der Waals surface area contributed by atoms with Gasteiger partial charge in [0.2, 0.25) is 5.91 Å². The second-order valence-corrected chi connectivity index (χ2v) is 4.87. The van der Waals surface area contributed by atoms with Gasteiger partial charge in [0.15, 0.2) is 0 Å². The minimum atomic E-state index is -2.84. The highest BCUT2D eigenvalue weighted by molar-refractivity contribution is 14.1. The number of halogens is 3. The molecule has 0 aliphatic rings. The molecule has 1 amide bonds. The van der Waals surface area contributed by atoms with Gasteiger partial charge in [-0.3, -0.25) is 14.4 Å². The first-order valence-corrected chi connectivity index (χ1v) is 5.88. The molecule has 98 valence electrons. The lowest BCUT2D eigenvalue weighted by Gasteiger charge is -2.20. The minimum Gasteiger partial charge on any atom is -0.480 e. The Hall–Kier alpha value is -0.800. The highest BCUT2D eigenvalue weighted by Gasteiger charge is 2.37. The van der Waals surface area contributed by atoms with Crippen LogP contribution in [0.25, 0.3) is 0 Å². The zero-order chi connectivity index (χ0) is 13.7. The molecule has 17 heavy (non-hydrogen) atoms. The highest BCUT2D eigenvalue weighted by Crippen LogP contribution is 2.22. The molecule has 0 rings (SSSR count). The first-order valence-electron chi connectivity index (χ1n) is 4.64. The molecule has 0 spiro atoms. The second kappa shape index (κ2) is 6.82. The number of carboxylic acid groups (broad SMARTS) is 1. The number of rotatable bonds is 6. The summed E-state index contributed by atoms with van der Waals surface area (Å²) >= 11 is 1.31. The van der Waals surface area contributed by atoms with Gasteiger partial charge in [0, 0.05) is 0 Å². The topological polar surface area (TPSA) is 83.5 Å². The van der Waals surface area contributed by atoms with Crippen molar-refractivity contribution in [1.82, 2.24) is 5.32 Å². The largest absolute Gasteiger partial charge is 0.480 e. The van der Waals surface area contributed by atoms with Gasteiger partial charge in [-0.2, -0.15) is 0 Å². The van der Waals surface area contributed by atoms with E-state index in [1.54, 1.807) is 0 Å². The molecule has 0 saturated heterocycles. The van der Waals surface area contributed by atoms with Gasteiger partial charge in [-0.25, -0.2) is 8.78 Å². The summed E-state index contributed by atoms with van der Waals surface area (Å²) in [6.45, 7) is 2.20. The monoisotopic (exact) mass is 363 g/mol. The van der Waals surface area contributed by atoms with Crippen LogP contribution in [0, 0.1) is 5.92 Å². The summed E-state index contributed by atoms with van der Waals surface area (Å²) in [6.07, 6.45) is -2.84. The zero-order valence-electron chi connectivity index (χ0n) is 9.12. The summed E-state index contributed by atoms with van der Waals surface area (Å²) in [5, 5.41) is 10.5. The van der Waals surface area contributed by atoms with Crippen molar-refractivity contribution in [2.45, 2.75) is 30.2 Å². The molecule has 0 heterocycles. The van der Waals surface area contributed by atoms with E-state index in [0.717, 1.165) is 6.92 Å². The van der Waals surface area contributed by atoms with Crippen molar-refractivity contribution >= 4 is 40.3 Å². The van der Waals surface area contributed by atoms with Crippen LogP contribution in [-0.4, -0.2) is 39.2 Å². The number of carboxylic acids is 1. The van der Waals surface area contributed by atoms with Gasteiger partial charge in [0.05, 0.1) is 3.92 Å². The van der Waals surface area contributed by atoms with Gasteiger partial charge in [0.25, 0.3) is 6.43 Å². The Labute approximate surface area is 110 Å². The molecule has 0 fully saturated rings. The van der Waals surface area contributed by atoms with Crippen LogP contribution in [0.4, 0.5) is 8.78 Å². The van der Waals surface area contributed by atoms with Crippen LogP contribution in [0.15, 0.2) is 0 Å². The molecule has 0 aromatic rings. The fraction of sp³-hybridized carbons (Fsp3) is 0.667. The normalized spacial score (nSPS) is 16.1. The van der Waals surface area contributed by atoms with Gasteiger partial charge in [-0.15, -0.1) is 0 Å². The van der Waals surface area contributed by atoms with Gasteiger partial charge >= 0.3 is 5.97 Å². The lowest BCUT2D eigenvalue weighted by Crippen LogP contribution is -2.47. The predicted molar refractivity (Wildman–Crippen MR) is 63.2 cm³/mol. The van der Waals surface area contributed by atoms with E-state index >= 15 is 0 Å². The third-order valence-corrected chi connectivity index (χ3v) is 3.27. The van der Waals surface area contributed by atoms with E-state index in [9.17, 15) is 23.2 Å². The van der Waals surface area contributed by atoms with Gasteiger partial charge < -0.3 is 10.4 Å². The van der Waals surface area contributed by atoms with Gasteiger partial charge in [0.1, 0.15) is 17.7 Å². The summed E-state index contributed by atoms with van der Waals surface area (Å²) in [6, 6.07) is -1.23. The van der Waals surface area contributed by atoms with Crippen molar-refractivity contribution in [2.24, 2.45) is 5.92 Å². The third kappa shape index (κ3) is 4.92. The second-order valence-electron chi connectivity index (χ2n) is 3.44. The average molecular weight is 363 g/mol. The molecule has 3 atom stereocenters. The standard InChI is InChI=1S/C9H12F2INO4/c1-3(9(16)17)13-8(15)5(4(2)14)6(12)7(10)11/h3,5-7H,1-2H3,(H,13,15)(H,16,17)/t3-,5?,6?/m0/s1. The molecule has 2 unspecified atom stereocenters. The molecule has 0 radical (unpaired) electrons. The molecule has 0 aliphatic carbocycles. The molecule has 2 N–H and O–H groups in total. The molecule has 0 aromatic carbocycles. The van der Waals surface area contributed by atoms with Crippen molar-refractivity contribution in [1.29, 1.82) is 0 Å². The molecule has 0 bridgehead atoms. The summed E-state index contributed by atoms with van der Waals surface area (Å²) in [5.74, 6) is -4.56. The lowest BCUT2D eigenvalue weighted by atomic mass is 10.00. The maximum atomic E-state index is 12.4. The number of carbonyl (C=O) groups is 3. The number of amides is 1. The summed E-state index contributed by atoms with van der Waals surface area (Å²) in [7, 11) is 0. The maximum Gasteiger partial charge on any atom is 0.325 e. The summed E-state index contributed by atoms with van der Waals surface area (Å²) in [5.41, 5.74) is 0. The van der Waals surface area contributed by atoms with Crippen molar-refractivity contribution in [3.63, 3.8) is 0 Å². The van der Waals surface area contributed by atoms with E-state index < -0.39 is 40.0 Å². The zero-order valence-corrected chi connectivity index (χ0v) is 11.3. The van der Waals surface area contributed by atoms with Crippen LogP contribution in [0.3, 0.4) is 0 Å². The number of Topliss-reactive ketones (excluding diaryl/α,β-unsaturated/α-hetero) is 1. The molecule has 8 heteroatoms. The van der Waals surface area contributed by atoms with Crippen LogP contribution in [-0.2, 0) is 14.4 Å². The Kier molecular flexibility index (Phi) is 6.50. The summed E-state index contributed by atoms with van der Waals surface area (Å²) < 4.78 is 23.4. The smallest absolute Gasteiger partial charge is 0.325 e. The number of hydrogen-bond acceptors (Lipinski definition) is 3. The molecule has 0 saturated carbocycles. The van der Waals surface area contributed by atoms with E-state index in [1.807, 2.05) is 5.32 Å². The van der Waals surface area contributed by atoms with Gasteiger partial charge in [-0.05, 0) is 13.8 Å². The van der Waals surface area contributed by atoms with Crippen molar-refractivity contribution < 1.29 is 28.3 Å². The van der Waals surface area contributed by atoms with Crippen molar-refractivity contribution in [2.75, 3.05) is 0 Å². The fourth-order valence-electron chi connectivity index (χ4n) is 1.06. The molecule has 0 aromatic heterocycles. The van der Waals surface area contributed by atoms with E-state index in [-0.39, 0.29) is 0 Å². The van der Waals surface area contributed by atoms with Crippen LogP contribution < -0.4 is 5.32 Å². The third-order valence-electron chi connectivity index (χ3n) is 2.01. The quantitative estimate of drug-likeness (QED) is 0.417. The van der Waals surface area contributed by atoms with Gasteiger partial charge in [-0.1, -0.05) is 22.6 Å². The first-order chi connectivity index (χ1) is 7.68. The van der Waals surface area contributed by atoms with Crippen LogP contribution in [0.1, 0.15) is 13.8 Å². The number of nitrogens with one attached hydrogen (secondary N) is 1. The van der Waals surface area contributed by atoms with Crippen LogP contribution >= 0.6 is 22.6 Å². The molecule has 5 nitrogen and oxygen atoms in total.